The van der Waals surface area contributed by atoms with Crippen LogP contribution in [-0.4, -0.2) is 28.4 Å². The molecule has 0 saturated heterocycles. The van der Waals surface area contributed by atoms with Gasteiger partial charge in [-0.05, 0) is 33.3 Å². The summed E-state index contributed by atoms with van der Waals surface area (Å²) < 4.78 is 5.09. The zero-order chi connectivity index (χ0) is 12.0. The molecule has 1 radical (unpaired) electrons. The fraction of sp³-hybridized carbons (Fsp3) is 0.545. The molecule has 1 aromatic rings. The number of hydrogen-bond donors (Lipinski definition) is 2. The Labute approximate surface area is 95.6 Å². The summed E-state index contributed by atoms with van der Waals surface area (Å²) in [6, 6.07) is 1.87. The van der Waals surface area contributed by atoms with Crippen LogP contribution in [0.15, 0.2) is 12.3 Å². The van der Waals surface area contributed by atoms with Gasteiger partial charge in [-0.2, -0.15) is 5.10 Å². The second-order valence-corrected chi connectivity index (χ2v) is 4.43. The van der Waals surface area contributed by atoms with E-state index in [1.54, 1.807) is 6.20 Å². The van der Waals surface area contributed by atoms with Crippen molar-refractivity contribution in [3.8, 4) is 0 Å². The Morgan fingerprint density at radius 2 is 2.38 bits per heavy atom. The highest BCUT2D eigenvalue weighted by Crippen LogP contribution is 2.06. The van der Waals surface area contributed by atoms with Gasteiger partial charge in [-0.25, -0.2) is 4.79 Å². The monoisotopic (exact) mass is 224 g/mol. The number of rotatable bonds is 4. The lowest BCUT2D eigenvalue weighted by atomic mass is 10.2. The van der Waals surface area contributed by atoms with Crippen LogP contribution in [0, 0.1) is 6.42 Å². The maximum absolute atomic E-state index is 11.3. The van der Waals surface area contributed by atoms with Gasteiger partial charge < -0.3 is 10.1 Å². The molecule has 16 heavy (non-hydrogen) atoms. The average molecular weight is 224 g/mol. The molecule has 1 aromatic heterocycles. The third-order valence-electron chi connectivity index (χ3n) is 1.70. The van der Waals surface area contributed by atoms with Crippen LogP contribution in [0.3, 0.4) is 0 Å². The molecule has 1 amide bonds. The van der Waals surface area contributed by atoms with Gasteiger partial charge in [0.05, 0.1) is 0 Å². The molecule has 1 rings (SSSR count). The van der Waals surface area contributed by atoms with E-state index in [2.05, 4.69) is 15.5 Å². The summed E-state index contributed by atoms with van der Waals surface area (Å²) in [6.45, 7) is 6.06. The topological polar surface area (TPSA) is 67.0 Å². The number of aromatic nitrogens is 2. The van der Waals surface area contributed by atoms with Crippen molar-refractivity contribution in [2.45, 2.75) is 32.8 Å². The number of aromatic amines is 1. The minimum absolute atomic E-state index is 0.384. The molecule has 89 valence electrons. The predicted molar refractivity (Wildman–Crippen MR) is 60.8 cm³/mol. The smallest absolute Gasteiger partial charge is 0.407 e. The van der Waals surface area contributed by atoms with E-state index in [0.717, 1.165) is 12.1 Å². The lowest BCUT2D eigenvalue weighted by molar-refractivity contribution is 0.0528. The van der Waals surface area contributed by atoms with Crippen molar-refractivity contribution in [2.75, 3.05) is 6.54 Å². The first-order chi connectivity index (χ1) is 7.47. The summed E-state index contributed by atoms with van der Waals surface area (Å²) in [4.78, 5) is 11.3. The number of amides is 1. The molecule has 0 saturated carbocycles. The second kappa shape index (κ2) is 5.53. The highest BCUT2D eigenvalue weighted by atomic mass is 16.6. The third kappa shape index (κ3) is 5.38. The molecule has 0 bridgehead atoms. The normalized spacial score (nSPS) is 11.2. The number of H-pyrrole nitrogens is 1. The van der Waals surface area contributed by atoms with E-state index < -0.39 is 5.60 Å². The number of alkyl carbamates (subject to hydrolysis) is 1. The Hall–Kier alpha value is -1.52. The standard InChI is InChI=1S/C11H18N3O2/c1-11(2,3)16-10(15)12-7-4-5-9-6-8-13-14-9/h5-6,8H,4,7H2,1-3H3,(H,12,15)(H,13,14). The Morgan fingerprint density at radius 3 is 2.94 bits per heavy atom. The highest BCUT2D eigenvalue weighted by Gasteiger charge is 2.15. The minimum Gasteiger partial charge on any atom is -0.444 e. The fourth-order valence-corrected chi connectivity index (χ4v) is 1.10. The molecular formula is C11H18N3O2. The van der Waals surface area contributed by atoms with E-state index in [0.29, 0.717) is 6.54 Å². The summed E-state index contributed by atoms with van der Waals surface area (Å²) in [7, 11) is 0. The van der Waals surface area contributed by atoms with E-state index in [4.69, 9.17) is 4.74 Å². The summed E-state index contributed by atoms with van der Waals surface area (Å²) in [6.07, 6.45) is 4.00. The van der Waals surface area contributed by atoms with Gasteiger partial charge in [0.15, 0.2) is 0 Å². The van der Waals surface area contributed by atoms with E-state index in [-0.39, 0.29) is 6.09 Å². The number of carbonyl (C=O) groups is 1. The van der Waals surface area contributed by atoms with E-state index in [1.165, 1.54) is 0 Å². The van der Waals surface area contributed by atoms with Crippen molar-refractivity contribution in [3.63, 3.8) is 0 Å². The van der Waals surface area contributed by atoms with Gasteiger partial charge in [0.1, 0.15) is 5.60 Å². The van der Waals surface area contributed by atoms with E-state index in [9.17, 15) is 4.79 Å². The first-order valence-electron chi connectivity index (χ1n) is 5.27. The molecule has 0 aliphatic heterocycles. The average Bonchev–Trinajstić information content (AvgIpc) is 2.62. The van der Waals surface area contributed by atoms with Gasteiger partial charge in [-0.3, -0.25) is 5.10 Å². The van der Waals surface area contributed by atoms with Gasteiger partial charge in [0.25, 0.3) is 0 Å². The molecule has 0 atom stereocenters. The maximum Gasteiger partial charge on any atom is 0.407 e. The summed E-state index contributed by atoms with van der Waals surface area (Å²) in [5, 5.41) is 9.31. The van der Waals surface area contributed by atoms with Crippen LogP contribution in [0.2, 0.25) is 0 Å². The van der Waals surface area contributed by atoms with Crippen molar-refractivity contribution >= 4 is 6.09 Å². The van der Waals surface area contributed by atoms with Gasteiger partial charge in [-0.1, -0.05) is 0 Å². The van der Waals surface area contributed by atoms with Crippen LogP contribution in [0.5, 0.6) is 0 Å². The van der Waals surface area contributed by atoms with Crippen LogP contribution in [0.25, 0.3) is 0 Å². The highest BCUT2D eigenvalue weighted by molar-refractivity contribution is 5.67. The first kappa shape index (κ1) is 12.5. The van der Waals surface area contributed by atoms with Crippen LogP contribution in [0.4, 0.5) is 4.79 Å². The van der Waals surface area contributed by atoms with Crippen molar-refractivity contribution in [1.29, 1.82) is 0 Å². The fourth-order valence-electron chi connectivity index (χ4n) is 1.10. The van der Waals surface area contributed by atoms with Crippen LogP contribution >= 0.6 is 0 Å². The number of ether oxygens (including phenoxy) is 1. The second-order valence-electron chi connectivity index (χ2n) is 4.43. The summed E-state index contributed by atoms with van der Waals surface area (Å²) >= 11 is 0. The van der Waals surface area contributed by atoms with E-state index >= 15 is 0 Å². The van der Waals surface area contributed by atoms with Crippen LogP contribution in [-0.2, 0) is 4.74 Å². The SMILES string of the molecule is CC(C)(C)OC(=O)NCC[CH]c1ccn[nH]1. The molecule has 1 heterocycles. The molecule has 0 aliphatic carbocycles. The number of hydrogen-bond acceptors (Lipinski definition) is 3. The summed E-state index contributed by atoms with van der Waals surface area (Å²) in [5.74, 6) is 0. The Balaban J connectivity index is 2.09. The predicted octanol–water partition coefficient (Wildman–Crippen LogP) is 1.88. The van der Waals surface area contributed by atoms with Crippen molar-refractivity contribution in [1.82, 2.24) is 15.5 Å². The molecule has 5 nitrogen and oxygen atoms in total. The van der Waals surface area contributed by atoms with E-state index in [1.807, 2.05) is 33.3 Å². The number of nitrogens with zero attached hydrogens (tertiary/aromatic N) is 1. The minimum atomic E-state index is -0.447. The number of nitrogens with one attached hydrogen (secondary N) is 2. The van der Waals surface area contributed by atoms with Gasteiger partial charge in [0.2, 0.25) is 0 Å². The molecule has 0 aliphatic rings. The molecular weight excluding hydrogens is 206 g/mol. The molecule has 0 aromatic carbocycles. The molecule has 2 N–H and O–H groups in total. The molecule has 0 unspecified atom stereocenters. The Bertz CT molecular complexity index is 314. The molecule has 0 fully saturated rings. The number of carbonyl (C=O) groups excluding carboxylic acids is 1. The lowest BCUT2D eigenvalue weighted by Crippen LogP contribution is -2.33. The van der Waals surface area contributed by atoms with Gasteiger partial charge in [0, 0.05) is 24.9 Å². The Kier molecular flexibility index (Phi) is 4.34. The Morgan fingerprint density at radius 1 is 1.62 bits per heavy atom. The van der Waals surface area contributed by atoms with Crippen molar-refractivity contribution < 1.29 is 9.53 Å². The third-order valence-corrected chi connectivity index (χ3v) is 1.70. The van der Waals surface area contributed by atoms with Crippen molar-refractivity contribution in [3.05, 3.63) is 24.4 Å². The zero-order valence-electron chi connectivity index (χ0n) is 9.91. The molecule has 0 spiro atoms. The quantitative estimate of drug-likeness (QED) is 0.767. The lowest BCUT2D eigenvalue weighted by Gasteiger charge is -2.19. The first-order valence-corrected chi connectivity index (χ1v) is 5.27. The van der Waals surface area contributed by atoms with Crippen molar-refractivity contribution in [2.24, 2.45) is 0 Å². The van der Waals surface area contributed by atoms with Gasteiger partial charge >= 0.3 is 6.09 Å². The maximum atomic E-state index is 11.3. The van der Waals surface area contributed by atoms with Crippen LogP contribution < -0.4 is 5.32 Å². The summed E-state index contributed by atoms with van der Waals surface area (Å²) in [5.41, 5.74) is 0.503. The van der Waals surface area contributed by atoms with Gasteiger partial charge in [-0.15, -0.1) is 0 Å². The zero-order valence-corrected chi connectivity index (χ0v) is 9.91. The molecule has 5 heteroatoms. The van der Waals surface area contributed by atoms with Crippen LogP contribution in [0.1, 0.15) is 32.9 Å². The largest absolute Gasteiger partial charge is 0.444 e.